The lowest BCUT2D eigenvalue weighted by Gasteiger charge is -2.18. The quantitative estimate of drug-likeness (QED) is 0.811. The smallest absolute Gasteiger partial charge is 0.241 e. The summed E-state index contributed by atoms with van der Waals surface area (Å²) >= 11 is 9.32. The van der Waals surface area contributed by atoms with Crippen molar-refractivity contribution in [2.24, 2.45) is 11.8 Å². The highest BCUT2D eigenvalue weighted by Gasteiger charge is 2.42. The van der Waals surface area contributed by atoms with Crippen molar-refractivity contribution in [1.82, 2.24) is 10.3 Å². The van der Waals surface area contributed by atoms with Crippen LogP contribution in [0.4, 0.5) is 5.69 Å². The second-order valence-corrected chi connectivity index (χ2v) is 6.50. The van der Waals surface area contributed by atoms with Gasteiger partial charge in [-0.25, -0.2) is 4.98 Å². The minimum atomic E-state index is -0.0949. The highest BCUT2D eigenvalue weighted by atomic mass is 79.9. The molecule has 0 spiro atoms. The summed E-state index contributed by atoms with van der Waals surface area (Å²) in [5, 5.41) is 6.52. The molecule has 1 aromatic heterocycles. The molecule has 19 heavy (non-hydrogen) atoms. The van der Waals surface area contributed by atoms with Gasteiger partial charge in [0.25, 0.3) is 0 Å². The van der Waals surface area contributed by atoms with E-state index in [-0.39, 0.29) is 11.9 Å². The van der Waals surface area contributed by atoms with Gasteiger partial charge < -0.3 is 10.6 Å². The van der Waals surface area contributed by atoms with Crippen molar-refractivity contribution in [2.45, 2.75) is 25.3 Å². The summed E-state index contributed by atoms with van der Waals surface area (Å²) in [4.78, 5) is 16.4. The largest absolute Gasteiger partial charge is 0.322 e. The number of aromatic nitrogens is 1. The Hall–Kier alpha value is -0.650. The number of fused-ring (bicyclic) bond motifs is 1. The number of amides is 1. The maximum atomic E-state index is 12.3. The van der Waals surface area contributed by atoms with Crippen molar-refractivity contribution in [1.29, 1.82) is 0 Å². The van der Waals surface area contributed by atoms with Crippen molar-refractivity contribution >= 4 is 39.1 Å². The van der Waals surface area contributed by atoms with Crippen molar-refractivity contribution in [3.8, 4) is 0 Å². The SMILES string of the molecule is O=C(Nc1cc(Br)cnc1Cl)C1NCC2CCCC21. The third-order valence-corrected chi connectivity index (χ3v) is 4.83. The van der Waals surface area contributed by atoms with Gasteiger partial charge in [-0.05, 0) is 53.2 Å². The topological polar surface area (TPSA) is 54.0 Å². The lowest BCUT2D eigenvalue weighted by atomic mass is 9.93. The van der Waals surface area contributed by atoms with E-state index < -0.39 is 0 Å². The standard InChI is InChI=1S/C13H15BrClN3O/c14-8-4-10(12(15)17-6-8)18-13(19)11-9-3-1-2-7(9)5-16-11/h4,6-7,9,11,16H,1-3,5H2,(H,18,19). The van der Waals surface area contributed by atoms with Crippen LogP contribution in [-0.2, 0) is 4.79 Å². The Morgan fingerprint density at radius 2 is 2.37 bits per heavy atom. The number of anilines is 1. The number of nitrogens with one attached hydrogen (secondary N) is 2. The zero-order chi connectivity index (χ0) is 13.4. The van der Waals surface area contributed by atoms with E-state index >= 15 is 0 Å². The van der Waals surface area contributed by atoms with Crippen LogP contribution < -0.4 is 10.6 Å². The second kappa shape index (κ2) is 5.38. The van der Waals surface area contributed by atoms with Crippen LogP contribution in [0.1, 0.15) is 19.3 Å². The number of hydrogen-bond donors (Lipinski definition) is 2. The van der Waals surface area contributed by atoms with Crippen LogP contribution in [0.3, 0.4) is 0 Å². The molecule has 1 amide bonds. The summed E-state index contributed by atoms with van der Waals surface area (Å²) in [6, 6.07) is 1.68. The van der Waals surface area contributed by atoms with Gasteiger partial charge in [0.05, 0.1) is 11.7 Å². The molecule has 3 atom stereocenters. The van der Waals surface area contributed by atoms with Crippen LogP contribution in [0.25, 0.3) is 0 Å². The van der Waals surface area contributed by atoms with E-state index in [1.165, 1.54) is 12.8 Å². The first-order valence-electron chi connectivity index (χ1n) is 6.50. The fourth-order valence-corrected chi connectivity index (χ4v) is 3.68. The van der Waals surface area contributed by atoms with Crippen molar-refractivity contribution in [3.63, 3.8) is 0 Å². The van der Waals surface area contributed by atoms with E-state index in [0.717, 1.165) is 17.4 Å². The molecule has 3 unspecified atom stereocenters. The molecule has 6 heteroatoms. The lowest BCUT2D eigenvalue weighted by Crippen LogP contribution is -2.39. The van der Waals surface area contributed by atoms with Gasteiger partial charge in [-0.2, -0.15) is 0 Å². The molecule has 1 aliphatic heterocycles. The van der Waals surface area contributed by atoms with Crippen LogP contribution in [0.15, 0.2) is 16.7 Å². The lowest BCUT2D eigenvalue weighted by molar-refractivity contribution is -0.118. The third kappa shape index (κ3) is 2.64. The van der Waals surface area contributed by atoms with Crippen molar-refractivity contribution in [3.05, 3.63) is 21.9 Å². The van der Waals surface area contributed by atoms with Gasteiger partial charge in [0, 0.05) is 10.7 Å². The molecule has 0 aromatic carbocycles. The summed E-state index contributed by atoms with van der Waals surface area (Å²) in [6.07, 6.45) is 5.22. The van der Waals surface area contributed by atoms with Crippen LogP contribution >= 0.6 is 27.5 Å². The summed E-state index contributed by atoms with van der Waals surface area (Å²) in [5.74, 6) is 1.13. The minimum absolute atomic E-state index is 0.00352. The summed E-state index contributed by atoms with van der Waals surface area (Å²) in [7, 11) is 0. The number of pyridine rings is 1. The molecule has 2 N–H and O–H groups in total. The molecule has 1 aromatic rings. The molecule has 2 fully saturated rings. The number of hydrogen-bond acceptors (Lipinski definition) is 3. The molecule has 1 saturated heterocycles. The molecule has 2 heterocycles. The van der Waals surface area contributed by atoms with Gasteiger partial charge in [0.2, 0.25) is 5.91 Å². The highest BCUT2D eigenvalue weighted by Crippen LogP contribution is 2.38. The third-order valence-electron chi connectivity index (χ3n) is 4.09. The number of nitrogens with zero attached hydrogens (tertiary/aromatic N) is 1. The van der Waals surface area contributed by atoms with Crippen LogP contribution in [-0.4, -0.2) is 23.5 Å². The normalized spacial score (nSPS) is 29.3. The zero-order valence-electron chi connectivity index (χ0n) is 10.3. The predicted octanol–water partition coefficient (Wildman–Crippen LogP) is 2.82. The predicted molar refractivity (Wildman–Crippen MR) is 78.2 cm³/mol. The Bertz CT molecular complexity index is 511. The van der Waals surface area contributed by atoms with Crippen molar-refractivity contribution in [2.75, 3.05) is 11.9 Å². The number of halogens is 2. The fourth-order valence-electron chi connectivity index (χ4n) is 3.20. The van der Waals surface area contributed by atoms with E-state index in [1.807, 2.05) is 0 Å². The molecular weight excluding hydrogens is 330 g/mol. The number of rotatable bonds is 2. The second-order valence-electron chi connectivity index (χ2n) is 5.22. The zero-order valence-corrected chi connectivity index (χ0v) is 12.7. The maximum absolute atomic E-state index is 12.3. The number of carbonyl (C=O) groups excluding carboxylic acids is 1. The average Bonchev–Trinajstić information content (AvgIpc) is 2.95. The highest BCUT2D eigenvalue weighted by molar-refractivity contribution is 9.10. The Kier molecular flexibility index (Phi) is 3.78. The summed E-state index contributed by atoms with van der Waals surface area (Å²) in [6.45, 7) is 0.952. The number of carbonyl (C=O) groups is 1. The van der Waals surface area contributed by atoms with Gasteiger partial charge in [-0.15, -0.1) is 0 Å². The summed E-state index contributed by atoms with van der Waals surface area (Å²) in [5.41, 5.74) is 0.560. The first kappa shape index (κ1) is 13.3. The molecular formula is C13H15BrClN3O. The molecule has 0 radical (unpaired) electrons. The van der Waals surface area contributed by atoms with Crippen LogP contribution in [0, 0.1) is 11.8 Å². The van der Waals surface area contributed by atoms with E-state index in [1.54, 1.807) is 12.3 Å². The van der Waals surface area contributed by atoms with Gasteiger partial charge in [-0.3, -0.25) is 4.79 Å². The molecule has 1 saturated carbocycles. The van der Waals surface area contributed by atoms with E-state index in [4.69, 9.17) is 11.6 Å². The van der Waals surface area contributed by atoms with E-state index in [0.29, 0.717) is 22.7 Å². The molecule has 4 nitrogen and oxygen atoms in total. The van der Waals surface area contributed by atoms with Crippen molar-refractivity contribution < 1.29 is 4.79 Å². The Labute approximate surface area is 125 Å². The first-order chi connectivity index (χ1) is 9.15. The minimum Gasteiger partial charge on any atom is -0.322 e. The summed E-state index contributed by atoms with van der Waals surface area (Å²) < 4.78 is 0.797. The maximum Gasteiger partial charge on any atom is 0.241 e. The van der Waals surface area contributed by atoms with Gasteiger partial charge >= 0.3 is 0 Å². The molecule has 102 valence electrons. The first-order valence-corrected chi connectivity index (χ1v) is 7.67. The van der Waals surface area contributed by atoms with Gasteiger partial charge in [0.15, 0.2) is 5.15 Å². The Morgan fingerprint density at radius 3 is 3.21 bits per heavy atom. The molecule has 0 bridgehead atoms. The Balaban J connectivity index is 1.73. The van der Waals surface area contributed by atoms with E-state index in [9.17, 15) is 4.79 Å². The average molecular weight is 345 g/mol. The molecule has 3 rings (SSSR count). The fraction of sp³-hybridized carbons (Fsp3) is 0.538. The monoisotopic (exact) mass is 343 g/mol. The van der Waals surface area contributed by atoms with Gasteiger partial charge in [-0.1, -0.05) is 18.0 Å². The van der Waals surface area contributed by atoms with Crippen LogP contribution in [0.5, 0.6) is 0 Å². The van der Waals surface area contributed by atoms with E-state index in [2.05, 4.69) is 31.5 Å². The Morgan fingerprint density at radius 1 is 1.53 bits per heavy atom. The molecule has 2 aliphatic rings. The van der Waals surface area contributed by atoms with Gasteiger partial charge in [0.1, 0.15) is 0 Å². The van der Waals surface area contributed by atoms with Crippen LogP contribution in [0.2, 0.25) is 5.15 Å². The molecule has 1 aliphatic carbocycles.